The molecule has 0 atom stereocenters. The Bertz CT molecular complexity index is 391. The van der Waals surface area contributed by atoms with E-state index in [0.717, 1.165) is 5.56 Å². The van der Waals surface area contributed by atoms with Crippen LogP contribution in [0.1, 0.15) is 12.0 Å². The second-order valence-corrected chi connectivity index (χ2v) is 4.12. The predicted octanol–water partition coefficient (Wildman–Crippen LogP) is 1.73. The highest BCUT2D eigenvalue weighted by Gasteiger charge is 2.26. The molecule has 0 spiro atoms. The molecule has 4 nitrogen and oxygen atoms in total. The lowest BCUT2D eigenvalue weighted by Crippen LogP contribution is -2.41. The van der Waals surface area contributed by atoms with Crippen molar-refractivity contribution in [3.8, 4) is 0 Å². The highest BCUT2D eigenvalue weighted by molar-refractivity contribution is 5.85. The van der Waals surface area contributed by atoms with Crippen molar-refractivity contribution in [1.82, 2.24) is 5.32 Å². The lowest BCUT2D eigenvalue weighted by Gasteiger charge is -2.14. The number of nitrogens with two attached hydrogens (primary N) is 1. The fraction of sp³-hybridized carbons (Fsp3) is 0.462. The highest BCUT2D eigenvalue weighted by atomic mass is 35.5. The summed E-state index contributed by atoms with van der Waals surface area (Å²) in [6.45, 7) is -0.930. The SMILES string of the molecule is Cl.NCC(F)(F)CNC(=O)CCOCc1ccccc1. The molecule has 1 aromatic rings. The summed E-state index contributed by atoms with van der Waals surface area (Å²) >= 11 is 0. The van der Waals surface area contributed by atoms with Crippen LogP contribution >= 0.6 is 12.4 Å². The first-order chi connectivity index (χ1) is 9.03. The van der Waals surface area contributed by atoms with Crippen LogP contribution in [0.25, 0.3) is 0 Å². The molecule has 1 aromatic carbocycles. The van der Waals surface area contributed by atoms with Crippen molar-refractivity contribution in [1.29, 1.82) is 0 Å². The maximum absolute atomic E-state index is 12.8. The summed E-state index contributed by atoms with van der Waals surface area (Å²) in [4.78, 5) is 11.3. The number of nitrogens with one attached hydrogen (secondary N) is 1. The Hall–Kier alpha value is -1.24. The molecular weight excluding hydrogens is 290 g/mol. The van der Waals surface area contributed by atoms with Gasteiger partial charge in [0, 0.05) is 6.42 Å². The van der Waals surface area contributed by atoms with Crippen molar-refractivity contribution in [3.63, 3.8) is 0 Å². The Balaban J connectivity index is 0.00000361. The number of halogens is 3. The Morgan fingerprint density at radius 3 is 2.55 bits per heavy atom. The molecule has 0 aromatic heterocycles. The van der Waals surface area contributed by atoms with Crippen LogP contribution in [0.2, 0.25) is 0 Å². The Morgan fingerprint density at radius 1 is 1.30 bits per heavy atom. The lowest BCUT2D eigenvalue weighted by atomic mass is 10.2. The summed E-state index contributed by atoms with van der Waals surface area (Å²) in [5.41, 5.74) is 5.85. The first-order valence-corrected chi connectivity index (χ1v) is 6.00. The van der Waals surface area contributed by atoms with E-state index in [1.165, 1.54) is 0 Å². The predicted molar refractivity (Wildman–Crippen MR) is 75.0 cm³/mol. The molecule has 0 unspecified atom stereocenters. The number of ether oxygens (including phenoxy) is 1. The second kappa shape index (κ2) is 9.63. The smallest absolute Gasteiger partial charge is 0.277 e. The van der Waals surface area contributed by atoms with Gasteiger partial charge < -0.3 is 15.8 Å². The van der Waals surface area contributed by atoms with E-state index >= 15 is 0 Å². The molecule has 20 heavy (non-hydrogen) atoms. The van der Waals surface area contributed by atoms with Crippen LogP contribution in [-0.2, 0) is 16.1 Å². The molecule has 0 heterocycles. The lowest BCUT2D eigenvalue weighted by molar-refractivity contribution is -0.124. The van der Waals surface area contributed by atoms with Crippen LogP contribution in [-0.4, -0.2) is 31.5 Å². The van der Waals surface area contributed by atoms with Gasteiger partial charge in [0.15, 0.2) is 0 Å². The molecule has 0 aliphatic carbocycles. The van der Waals surface area contributed by atoms with Crippen LogP contribution in [0.5, 0.6) is 0 Å². The molecule has 0 radical (unpaired) electrons. The fourth-order valence-electron chi connectivity index (χ4n) is 1.32. The van der Waals surface area contributed by atoms with Gasteiger partial charge in [0.25, 0.3) is 5.92 Å². The van der Waals surface area contributed by atoms with Gasteiger partial charge in [-0.25, -0.2) is 8.78 Å². The molecule has 0 bridgehead atoms. The van der Waals surface area contributed by atoms with Crippen molar-refractivity contribution in [2.45, 2.75) is 19.0 Å². The van der Waals surface area contributed by atoms with Gasteiger partial charge in [-0.2, -0.15) is 0 Å². The number of amides is 1. The van der Waals surface area contributed by atoms with Gasteiger partial charge in [0.2, 0.25) is 5.91 Å². The van der Waals surface area contributed by atoms with Gasteiger partial charge in [-0.1, -0.05) is 30.3 Å². The second-order valence-electron chi connectivity index (χ2n) is 4.12. The van der Waals surface area contributed by atoms with Gasteiger partial charge >= 0.3 is 0 Å². The standard InChI is InChI=1S/C13H18F2N2O2.ClH/c14-13(15,9-16)10-17-12(18)6-7-19-8-11-4-2-1-3-5-11;/h1-5H,6-10,16H2,(H,17,18);1H. The summed E-state index contributed by atoms with van der Waals surface area (Å²) in [6, 6.07) is 9.49. The average Bonchev–Trinajstić information content (AvgIpc) is 2.43. The third kappa shape index (κ3) is 8.04. The van der Waals surface area contributed by atoms with E-state index in [-0.39, 0.29) is 25.4 Å². The Kier molecular flexibility index (Phi) is 9.03. The Labute approximate surface area is 123 Å². The van der Waals surface area contributed by atoms with E-state index in [4.69, 9.17) is 10.5 Å². The first kappa shape index (κ1) is 18.8. The van der Waals surface area contributed by atoms with Crippen molar-refractivity contribution in [2.24, 2.45) is 5.73 Å². The molecule has 3 N–H and O–H groups in total. The Morgan fingerprint density at radius 2 is 1.95 bits per heavy atom. The quantitative estimate of drug-likeness (QED) is 0.719. The van der Waals surface area contributed by atoms with E-state index in [2.05, 4.69) is 5.32 Å². The number of hydrogen-bond donors (Lipinski definition) is 2. The van der Waals surface area contributed by atoms with Crippen molar-refractivity contribution in [2.75, 3.05) is 19.7 Å². The van der Waals surface area contributed by atoms with Crippen LogP contribution < -0.4 is 11.1 Å². The molecular formula is C13H19ClF2N2O2. The zero-order chi connectivity index (χ0) is 14.1. The van der Waals surface area contributed by atoms with Gasteiger partial charge in [0.05, 0.1) is 26.3 Å². The summed E-state index contributed by atoms with van der Waals surface area (Å²) in [7, 11) is 0. The van der Waals surface area contributed by atoms with E-state index in [9.17, 15) is 13.6 Å². The monoisotopic (exact) mass is 308 g/mol. The largest absolute Gasteiger partial charge is 0.376 e. The van der Waals surface area contributed by atoms with Crippen LogP contribution in [0.3, 0.4) is 0 Å². The maximum atomic E-state index is 12.8. The first-order valence-electron chi connectivity index (χ1n) is 6.00. The minimum absolute atomic E-state index is 0. The zero-order valence-electron chi connectivity index (χ0n) is 11.0. The molecule has 7 heteroatoms. The summed E-state index contributed by atoms with van der Waals surface area (Å²) in [6.07, 6.45) is 0.0491. The number of carbonyl (C=O) groups is 1. The van der Waals surface area contributed by atoms with Crippen LogP contribution in [0, 0.1) is 0 Å². The topological polar surface area (TPSA) is 64.3 Å². The van der Waals surface area contributed by atoms with Crippen molar-refractivity contribution >= 4 is 18.3 Å². The third-order valence-electron chi connectivity index (χ3n) is 2.43. The number of alkyl halides is 2. The van der Waals surface area contributed by atoms with E-state index in [1.54, 1.807) is 0 Å². The minimum Gasteiger partial charge on any atom is -0.376 e. The van der Waals surface area contributed by atoms with Gasteiger partial charge in [-0.15, -0.1) is 12.4 Å². The zero-order valence-corrected chi connectivity index (χ0v) is 11.8. The van der Waals surface area contributed by atoms with E-state index in [1.807, 2.05) is 30.3 Å². The number of carbonyl (C=O) groups excluding carboxylic acids is 1. The van der Waals surface area contributed by atoms with Crippen molar-refractivity contribution < 1.29 is 18.3 Å². The van der Waals surface area contributed by atoms with Gasteiger partial charge in [-0.3, -0.25) is 4.79 Å². The molecule has 0 saturated heterocycles. The van der Waals surface area contributed by atoms with Gasteiger partial charge in [0.1, 0.15) is 0 Å². The van der Waals surface area contributed by atoms with E-state index < -0.39 is 24.9 Å². The summed E-state index contributed by atoms with van der Waals surface area (Å²) in [5.74, 6) is -3.53. The molecule has 1 rings (SSSR count). The third-order valence-corrected chi connectivity index (χ3v) is 2.43. The highest BCUT2D eigenvalue weighted by Crippen LogP contribution is 2.08. The fourth-order valence-corrected chi connectivity index (χ4v) is 1.32. The average molecular weight is 309 g/mol. The van der Waals surface area contributed by atoms with Crippen LogP contribution in [0.4, 0.5) is 8.78 Å². The van der Waals surface area contributed by atoms with Gasteiger partial charge in [-0.05, 0) is 5.56 Å². The maximum Gasteiger partial charge on any atom is 0.277 e. The molecule has 114 valence electrons. The molecule has 0 aliphatic heterocycles. The van der Waals surface area contributed by atoms with Crippen LogP contribution in [0.15, 0.2) is 30.3 Å². The molecule has 0 saturated carbocycles. The number of hydrogen-bond acceptors (Lipinski definition) is 3. The van der Waals surface area contributed by atoms with Crippen molar-refractivity contribution in [3.05, 3.63) is 35.9 Å². The normalized spacial score (nSPS) is 10.8. The summed E-state index contributed by atoms with van der Waals surface area (Å²) in [5, 5.41) is 2.12. The molecule has 0 fully saturated rings. The number of rotatable bonds is 8. The molecule has 1 amide bonds. The number of benzene rings is 1. The summed E-state index contributed by atoms with van der Waals surface area (Å²) < 4.78 is 30.8. The minimum atomic E-state index is -3.06. The van der Waals surface area contributed by atoms with E-state index in [0.29, 0.717) is 6.61 Å². The molecule has 0 aliphatic rings.